The van der Waals surface area contributed by atoms with Crippen molar-refractivity contribution in [3.8, 4) is 0 Å². The molecule has 3 rings (SSSR count). The molecule has 0 saturated carbocycles. The van der Waals surface area contributed by atoms with Gasteiger partial charge in [-0.25, -0.2) is 4.99 Å². The number of pyridine rings is 1. The van der Waals surface area contributed by atoms with Crippen molar-refractivity contribution < 1.29 is 0 Å². The van der Waals surface area contributed by atoms with Gasteiger partial charge in [0.2, 0.25) is 0 Å². The molecule has 0 unspecified atom stereocenters. The third-order valence-corrected chi connectivity index (χ3v) is 5.04. The van der Waals surface area contributed by atoms with Crippen molar-refractivity contribution in [3.05, 3.63) is 65.5 Å². The topological polar surface area (TPSA) is 66.5 Å². The second-order valence-electron chi connectivity index (χ2n) is 7.16. The summed E-state index contributed by atoms with van der Waals surface area (Å²) in [7, 11) is 0. The fourth-order valence-corrected chi connectivity index (χ4v) is 3.49. The van der Waals surface area contributed by atoms with Crippen LogP contribution in [0.2, 0.25) is 0 Å². The number of hydrogen-bond donors (Lipinski definition) is 2. The first-order valence-corrected chi connectivity index (χ1v) is 10.0. The van der Waals surface area contributed by atoms with Crippen LogP contribution in [0.1, 0.15) is 42.5 Å². The fourth-order valence-electron chi connectivity index (χ4n) is 3.49. The first-order valence-electron chi connectivity index (χ1n) is 10.0. The standard InChI is InChI=1S/C22H31N5/c23-22(25-14-12-21-11-5-6-13-24-21)26-17-19-9-3-4-10-20(19)18-27-15-7-1-2-8-16-27/h3-6,9-11,13H,1-2,7-8,12,14-18H2,(H3,23,25,26). The molecule has 1 aromatic carbocycles. The first-order chi connectivity index (χ1) is 13.3. The molecule has 1 aromatic heterocycles. The lowest BCUT2D eigenvalue weighted by atomic mass is 10.1. The highest BCUT2D eigenvalue weighted by atomic mass is 15.1. The van der Waals surface area contributed by atoms with Crippen molar-refractivity contribution in [2.45, 2.75) is 45.2 Å². The summed E-state index contributed by atoms with van der Waals surface area (Å²) in [6.45, 7) is 4.77. The number of rotatable bonds is 7. The maximum Gasteiger partial charge on any atom is 0.188 e. The van der Waals surface area contributed by atoms with Gasteiger partial charge in [-0.3, -0.25) is 9.88 Å². The van der Waals surface area contributed by atoms with Crippen molar-refractivity contribution in [2.75, 3.05) is 19.6 Å². The number of nitrogens with one attached hydrogen (secondary N) is 1. The molecule has 1 fully saturated rings. The molecule has 1 aliphatic rings. The normalized spacial score (nSPS) is 16.1. The summed E-state index contributed by atoms with van der Waals surface area (Å²) in [5.74, 6) is 0.496. The Morgan fingerprint density at radius 1 is 1.00 bits per heavy atom. The van der Waals surface area contributed by atoms with E-state index in [1.165, 1.54) is 49.9 Å². The lowest BCUT2D eigenvalue weighted by Gasteiger charge is -2.21. The third-order valence-electron chi connectivity index (χ3n) is 5.04. The maximum atomic E-state index is 6.05. The molecule has 2 aromatic rings. The van der Waals surface area contributed by atoms with Gasteiger partial charge in [0.1, 0.15) is 0 Å². The Labute approximate surface area is 162 Å². The molecule has 3 N–H and O–H groups in total. The molecule has 1 aliphatic heterocycles. The van der Waals surface area contributed by atoms with E-state index in [4.69, 9.17) is 5.73 Å². The van der Waals surface area contributed by atoms with Gasteiger partial charge in [-0.05, 0) is 49.2 Å². The van der Waals surface area contributed by atoms with E-state index in [0.29, 0.717) is 12.5 Å². The van der Waals surface area contributed by atoms with Crippen molar-refractivity contribution in [1.29, 1.82) is 0 Å². The molecule has 144 valence electrons. The predicted molar refractivity (Wildman–Crippen MR) is 111 cm³/mol. The number of benzene rings is 1. The predicted octanol–water partition coefficient (Wildman–Crippen LogP) is 3.10. The first kappa shape index (κ1) is 19.4. The summed E-state index contributed by atoms with van der Waals surface area (Å²) in [5, 5.41) is 3.19. The highest BCUT2D eigenvalue weighted by molar-refractivity contribution is 5.77. The maximum absolute atomic E-state index is 6.05. The van der Waals surface area contributed by atoms with Gasteiger partial charge >= 0.3 is 0 Å². The number of aromatic nitrogens is 1. The summed E-state index contributed by atoms with van der Waals surface area (Å²) in [4.78, 5) is 11.4. The zero-order valence-electron chi connectivity index (χ0n) is 16.1. The van der Waals surface area contributed by atoms with E-state index in [9.17, 15) is 0 Å². The molecule has 0 spiro atoms. The SMILES string of the molecule is NC(=NCc1ccccc1CN1CCCCCC1)NCCc1ccccn1. The average Bonchev–Trinajstić information content (AvgIpc) is 2.97. The van der Waals surface area contributed by atoms with Gasteiger partial charge in [0.15, 0.2) is 5.96 Å². The van der Waals surface area contributed by atoms with Gasteiger partial charge in [-0.2, -0.15) is 0 Å². The quantitative estimate of drug-likeness (QED) is 0.584. The third kappa shape index (κ3) is 6.68. The van der Waals surface area contributed by atoms with Crippen molar-refractivity contribution in [3.63, 3.8) is 0 Å². The zero-order chi connectivity index (χ0) is 18.7. The van der Waals surface area contributed by atoms with E-state index in [2.05, 4.69) is 44.5 Å². The van der Waals surface area contributed by atoms with Crippen molar-refractivity contribution in [2.24, 2.45) is 10.7 Å². The second-order valence-corrected chi connectivity index (χ2v) is 7.16. The molecule has 2 heterocycles. The Balaban J connectivity index is 1.51. The molecular weight excluding hydrogens is 334 g/mol. The van der Waals surface area contributed by atoms with Crippen molar-refractivity contribution in [1.82, 2.24) is 15.2 Å². The minimum Gasteiger partial charge on any atom is -0.370 e. The molecule has 0 bridgehead atoms. The molecular formula is C22H31N5. The minimum atomic E-state index is 0.496. The number of nitrogens with zero attached hydrogens (tertiary/aromatic N) is 3. The summed E-state index contributed by atoms with van der Waals surface area (Å²) in [5.41, 5.74) is 9.73. The van der Waals surface area contributed by atoms with Crippen molar-refractivity contribution >= 4 is 5.96 Å². The number of guanidine groups is 1. The number of likely N-dealkylation sites (tertiary alicyclic amines) is 1. The van der Waals surface area contributed by atoms with E-state index >= 15 is 0 Å². The van der Waals surface area contributed by atoms with E-state index in [0.717, 1.165) is 25.2 Å². The average molecular weight is 366 g/mol. The van der Waals surface area contributed by atoms with Crippen LogP contribution in [-0.2, 0) is 19.5 Å². The Bertz CT molecular complexity index is 706. The summed E-state index contributed by atoms with van der Waals surface area (Å²) in [6, 6.07) is 14.5. The van der Waals surface area contributed by atoms with Crippen LogP contribution in [0.15, 0.2) is 53.7 Å². The zero-order valence-corrected chi connectivity index (χ0v) is 16.1. The Morgan fingerprint density at radius 2 is 1.74 bits per heavy atom. The van der Waals surface area contributed by atoms with Crippen LogP contribution < -0.4 is 11.1 Å². The highest BCUT2D eigenvalue weighted by Crippen LogP contribution is 2.16. The Kier molecular flexibility index (Phi) is 7.66. The number of hydrogen-bond acceptors (Lipinski definition) is 3. The van der Waals surface area contributed by atoms with Crippen LogP contribution in [0.3, 0.4) is 0 Å². The Morgan fingerprint density at radius 3 is 2.48 bits per heavy atom. The highest BCUT2D eigenvalue weighted by Gasteiger charge is 2.11. The van der Waals surface area contributed by atoms with Crippen LogP contribution in [0.25, 0.3) is 0 Å². The molecule has 1 saturated heterocycles. The van der Waals surface area contributed by atoms with Crippen LogP contribution in [0, 0.1) is 0 Å². The monoisotopic (exact) mass is 365 g/mol. The summed E-state index contributed by atoms with van der Waals surface area (Å²) in [6.07, 6.45) is 8.00. The summed E-state index contributed by atoms with van der Waals surface area (Å²) < 4.78 is 0. The van der Waals surface area contributed by atoms with E-state index in [-0.39, 0.29) is 0 Å². The fraction of sp³-hybridized carbons (Fsp3) is 0.455. The van der Waals surface area contributed by atoms with Gasteiger partial charge < -0.3 is 11.1 Å². The van der Waals surface area contributed by atoms with Crippen LogP contribution in [0.5, 0.6) is 0 Å². The van der Waals surface area contributed by atoms with Crippen LogP contribution in [-0.4, -0.2) is 35.5 Å². The summed E-state index contributed by atoms with van der Waals surface area (Å²) >= 11 is 0. The molecule has 0 amide bonds. The lowest BCUT2D eigenvalue weighted by Crippen LogP contribution is -2.33. The molecule has 0 radical (unpaired) electrons. The van der Waals surface area contributed by atoms with Crippen LogP contribution >= 0.6 is 0 Å². The number of aliphatic imine (C=N–C) groups is 1. The number of nitrogens with two attached hydrogens (primary N) is 1. The smallest absolute Gasteiger partial charge is 0.188 e. The van der Waals surface area contributed by atoms with Gasteiger partial charge in [0.05, 0.1) is 6.54 Å². The molecule has 0 atom stereocenters. The van der Waals surface area contributed by atoms with E-state index in [1.807, 2.05) is 24.4 Å². The second kappa shape index (κ2) is 10.7. The molecule has 5 nitrogen and oxygen atoms in total. The molecule has 27 heavy (non-hydrogen) atoms. The molecule has 0 aliphatic carbocycles. The van der Waals surface area contributed by atoms with Gasteiger partial charge in [0.25, 0.3) is 0 Å². The van der Waals surface area contributed by atoms with Gasteiger partial charge in [-0.1, -0.05) is 43.2 Å². The van der Waals surface area contributed by atoms with Gasteiger partial charge in [0, 0.05) is 31.4 Å². The lowest BCUT2D eigenvalue weighted by molar-refractivity contribution is 0.276. The van der Waals surface area contributed by atoms with E-state index < -0.39 is 0 Å². The minimum absolute atomic E-state index is 0.496. The largest absolute Gasteiger partial charge is 0.370 e. The molecule has 5 heteroatoms. The van der Waals surface area contributed by atoms with Gasteiger partial charge in [-0.15, -0.1) is 0 Å². The van der Waals surface area contributed by atoms with E-state index in [1.54, 1.807) is 0 Å². The Hall–Kier alpha value is -2.40. The van der Waals surface area contributed by atoms with Crippen LogP contribution in [0.4, 0.5) is 0 Å².